The van der Waals surface area contributed by atoms with Crippen LogP contribution in [0.25, 0.3) is 0 Å². The molecule has 0 aromatic heterocycles. The second kappa shape index (κ2) is 3.74. The predicted molar refractivity (Wildman–Crippen MR) is 55.4 cm³/mol. The summed E-state index contributed by atoms with van der Waals surface area (Å²) in [6.07, 6.45) is 4.01. The molecule has 4 atom stereocenters. The van der Waals surface area contributed by atoms with Crippen molar-refractivity contribution in [2.24, 2.45) is 23.5 Å². The SMILES string of the molecule is CC#CCC(=O)C1C2CCC(C2)C1N. The van der Waals surface area contributed by atoms with Gasteiger partial charge in [-0.1, -0.05) is 5.92 Å². The van der Waals surface area contributed by atoms with Gasteiger partial charge in [-0.25, -0.2) is 0 Å². The largest absolute Gasteiger partial charge is 0.327 e. The van der Waals surface area contributed by atoms with Gasteiger partial charge in [0.1, 0.15) is 5.78 Å². The number of carbonyl (C=O) groups excluding carboxylic acids is 1. The Hall–Kier alpha value is -0.810. The first-order chi connectivity index (χ1) is 6.74. The Bertz CT molecular complexity index is 297. The standard InChI is InChI=1S/C12H17NO/c1-2-3-4-10(14)11-8-5-6-9(7-8)12(11)13/h8-9,11-12H,4-7,13H2,1H3. The van der Waals surface area contributed by atoms with E-state index in [0.717, 1.165) is 0 Å². The highest BCUT2D eigenvalue weighted by Crippen LogP contribution is 2.48. The summed E-state index contributed by atoms with van der Waals surface area (Å²) < 4.78 is 0. The molecular weight excluding hydrogens is 174 g/mol. The van der Waals surface area contributed by atoms with Crippen LogP contribution in [-0.2, 0) is 4.79 Å². The van der Waals surface area contributed by atoms with Crippen LogP contribution in [0.15, 0.2) is 0 Å². The van der Waals surface area contributed by atoms with E-state index in [4.69, 9.17) is 5.73 Å². The van der Waals surface area contributed by atoms with Crippen LogP contribution in [0.2, 0.25) is 0 Å². The van der Waals surface area contributed by atoms with Crippen molar-refractivity contribution in [2.75, 3.05) is 0 Å². The molecule has 0 aliphatic heterocycles. The molecule has 4 unspecified atom stereocenters. The molecule has 0 heterocycles. The van der Waals surface area contributed by atoms with Gasteiger partial charge in [0.2, 0.25) is 0 Å². The lowest BCUT2D eigenvalue weighted by atomic mass is 9.81. The Morgan fingerprint density at radius 3 is 2.71 bits per heavy atom. The van der Waals surface area contributed by atoms with Crippen LogP contribution in [0.5, 0.6) is 0 Å². The van der Waals surface area contributed by atoms with E-state index in [0.29, 0.717) is 18.3 Å². The second-order valence-corrected chi connectivity index (χ2v) is 4.51. The predicted octanol–water partition coefficient (Wildman–Crippen LogP) is 1.34. The zero-order valence-electron chi connectivity index (χ0n) is 8.62. The number of carbonyl (C=O) groups is 1. The molecule has 2 nitrogen and oxygen atoms in total. The van der Waals surface area contributed by atoms with Crippen molar-refractivity contribution >= 4 is 5.78 Å². The van der Waals surface area contributed by atoms with Crippen LogP contribution in [0, 0.1) is 29.6 Å². The quantitative estimate of drug-likeness (QED) is 0.669. The number of Topliss-reactive ketones (excluding diaryl/α,β-unsaturated/α-hetero) is 1. The molecule has 2 aliphatic rings. The highest BCUT2D eigenvalue weighted by molar-refractivity contribution is 5.84. The van der Waals surface area contributed by atoms with E-state index in [1.807, 2.05) is 0 Å². The number of fused-ring (bicyclic) bond motifs is 2. The fraction of sp³-hybridized carbons (Fsp3) is 0.750. The van der Waals surface area contributed by atoms with E-state index in [1.54, 1.807) is 6.92 Å². The molecule has 2 heteroatoms. The Kier molecular flexibility index (Phi) is 2.60. The molecule has 0 aromatic rings. The van der Waals surface area contributed by atoms with Crippen LogP contribution in [0.3, 0.4) is 0 Å². The number of ketones is 1. The van der Waals surface area contributed by atoms with Crippen molar-refractivity contribution in [3.63, 3.8) is 0 Å². The van der Waals surface area contributed by atoms with Crippen LogP contribution < -0.4 is 5.73 Å². The van der Waals surface area contributed by atoms with E-state index in [1.165, 1.54) is 19.3 Å². The highest BCUT2D eigenvalue weighted by Gasteiger charge is 2.48. The molecule has 2 bridgehead atoms. The first-order valence-electron chi connectivity index (χ1n) is 5.42. The van der Waals surface area contributed by atoms with Gasteiger partial charge in [0.05, 0.1) is 6.42 Å². The van der Waals surface area contributed by atoms with Gasteiger partial charge in [0, 0.05) is 12.0 Å². The Morgan fingerprint density at radius 2 is 2.14 bits per heavy atom. The summed E-state index contributed by atoms with van der Waals surface area (Å²) in [6, 6.07) is 0.125. The molecule has 0 amide bonds. The normalized spacial score (nSPS) is 39.3. The van der Waals surface area contributed by atoms with Gasteiger partial charge in [-0.2, -0.15) is 0 Å². The minimum atomic E-state index is 0.120. The third kappa shape index (κ3) is 1.46. The van der Waals surface area contributed by atoms with Gasteiger partial charge < -0.3 is 5.73 Å². The van der Waals surface area contributed by atoms with Crippen molar-refractivity contribution < 1.29 is 4.79 Å². The number of hydrogen-bond acceptors (Lipinski definition) is 2. The number of hydrogen-bond donors (Lipinski definition) is 1. The average molecular weight is 191 g/mol. The van der Waals surface area contributed by atoms with Crippen molar-refractivity contribution in [2.45, 2.75) is 38.6 Å². The molecule has 0 spiro atoms. The fourth-order valence-corrected chi connectivity index (χ4v) is 3.11. The molecule has 2 saturated carbocycles. The summed E-state index contributed by atoms with van der Waals surface area (Å²) in [6.45, 7) is 1.77. The topological polar surface area (TPSA) is 43.1 Å². The smallest absolute Gasteiger partial charge is 0.149 e. The Labute approximate surface area is 85.2 Å². The summed E-state index contributed by atoms with van der Waals surface area (Å²) in [7, 11) is 0. The van der Waals surface area contributed by atoms with Crippen LogP contribution in [0.1, 0.15) is 32.6 Å². The van der Waals surface area contributed by atoms with Crippen LogP contribution in [-0.4, -0.2) is 11.8 Å². The van der Waals surface area contributed by atoms with Crippen molar-refractivity contribution in [3.05, 3.63) is 0 Å². The summed E-state index contributed by atoms with van der Waals surface area (Å²) >= 11 is 0. The molecule has 2 N–H and O–H groups in total. The number of rotatable bonds is 2. The Morgan fingerprint density at radius 1 is 1.43 bits per heavy atom. The lowest BCUT2D eigenvalue weighted by Crippen LogP contribution is -2.40. The first kappa shape index (κ1) is 9.73. The lowest BCUT2D eigenvalue weighted by Gasteiger charge is -2.26. The van der Waals surface area contributed by atoms with Crippen molar-refractivity contribution in [3.8, 4) is 11.8 Å². The second-order valence-electron chi connectivity index (χ2n) is 4.51. The molecule has 2 fully saturated rings. The monoisotopic (exact) mass is 191 g/mol. The van der Waals surface area contributed by atoms with E-state index in [9.17, 15) is 4.79 Å². The number of nitrogens with two attached hydrogens (primary N) is 1. The lowest BCUT2D eigenvalue weighted by molar-refractivity contribution is -0.123. The molecule has 14 heavy (non-hydrogen) atoms. The van der Waals surface area contributed by atoms with E-state index >= 15 is 0 Å². The van der Waals surface area contributed by atoms with Gasteiger partial charge in [-0.15, -0.1) is 5.92 Å². The highest BCUT2D eigenvalue weighted by atomic mass is 16.1. The maximum atomic E-state index is 11.8. The zero-order chi connectivity index (χ0) is 10.1. The van der Waals surface area contributed by atoms with Gasteiger partial charge in [0.25, 0.3) is 0 Å². The van der Waals surface area contributed by atoms with Crippen LogP contribution in [0.4, 0.5) is 0 Å². The van der Waals surface area contributed by atoms with Crippen LogP contribution >= 0.6 is 0 Å². The summed E-state index contributed by atoms with van der Waals surface area (Å²) in [5.41, 5.74) is 6.07. The van der Waals surface area contributed by atoms with E-state index in [-0.39, 0.29) is 17.7 Å². The van der Waals surface area contributed by atoms with Crippen molar-refractivity contribution in [1.82, 2.24) is 0 Å². The molecule has 2 aliphatic carbocycles. The molecule has 0 saturated heterocycles. The maximum absolute atomic E-state index is 11.8. The summed E-state index contributed by atoms with van der Waals surface area (Å²) in [5, 5.41) is 0. The first-order valence-corrected chi connectivity index (χ1v) is 5.42. The Balaban J connectivity index is 2.03. The molecule has 2 rings (SSSR count). The maximum Gasteiger partial charge on any atom is 0.149 e. The zero-order valence-corrected chi connectivity index (χ0v) is 8.62. The minimum absolute atomic E-state index is 0.120. The van der Waals surface area contributed by atoms with Gasteiger partial charge >= 0.3 is 0 Å². The van der Waals surface area contributed by atoms with E-state index in [2.05, 4.69) is 11.8 Å². The molecular formula is C12H17NO. The molecule has 76 valence electrons. The minimum Gasteiger partial charge on any atom is -0.327 e. The molecule has 0 aromatic carbocycles. The summed E-state index contributed by atoms with van der Waals surface area (Å²) in [5.74, 6) is 7.20. The van der Waals surface area contributed by atoms with E-state index < -0.39 is 0 Å². The van der Waals surface area contributed by atoms with Gasteiger partial charge in [-0.05, 0) is 38.0 Å². The molecule has 0 radical (unpaired) electrons. The fourth-order valence-electron chi connectivity index (χ4n) is 3.11. The average Bonchev–Trinajstić information content (AvgIpc) is 2.74. The van der Waals surface area contributed by atoms with Crippen molar-refractivity contribution in [1.29, 1.82) is 0 Å². The third-order valence-corrected chi connectivity index (χ3v) is 3.79. The summed E-state index contributed by atoms with van der Waals surface area (Å²) in [4.78, 5) is 11.8. The van der Waals surface area contributed by atoms with Gasteiger partial charge in [-0.3, -0.25) is 4.79 Å². The van der Waals surface area contributed by atoms with Gasteiger partial charge in [0.15, 0.2) is 0 Å². The third-order valence-electron chi connectivity index (χ3n) is 3.79.